The van der Waals surface area contributed by atoms with Gasteiger partial charge in [0.1, 0.15) is 37.1 Å². The summed E-state index contributed by atoms with van der Waals surface area (Å²) in [6.45, 7) is 3.18. The number of hydrogen-bond donors (Lipinski definition) is 2. The molecule has 10 atom stereocenters. The second kappa shape index (κ2) is 20.8. The van der Waals surface area contributed by atoms with Gasteiger partial charge in [0, 0.05) is 20.8 Å². The quantitative estimate of drug-likeness (QED) is 0.149. The van der Waals surface area contributed by atoms with E-state index in [1.807, 2.05) is 91.0 Å². The van der Waals surface area contributed by atoms with Crippen LogP contribution >= 0.6 is 0 Å². The fourth-order valence-corrected chi connectivity index (χ4v) is 6.36. The number of ether oxygens (including phenoxy) is 10. The van der Waals surface area contributed by atoms with Crippen molar-refractivity contribution in [3.63, 3.8) is 0 Å². The van der Waals surface area contributed by atoms with E-state index in [-0.39, 0.29) is 26.4 Å². The van der Waals surface area contributed by atoms with Crippen LogP contribution in [0.5, 0.6) is 0 Å². The number of carbonyl (C=O) groups excluding carboxylic acids is 4. The zero-order valence-corrected chi connectivity index (χ0v) is 31.2. The summed E-state index contributed by atoms with van der Waals surface area (Å²) < 4.78 is 59.4. The number of amides is 1. The lowest BCUT2D eigenvalue weighted by Gasteiger charge is -2.48. The maximum absolute atomic E-state index is 12.5. The van der Waals surface area contributed by atoms with Crippen LogP contribution in [0.15, 0.2) is 91.0 Å². The maximum atomic E-state index is 12.5. The minimum Gasteiger partial charge on any atom is -0.463 e. The zero-order valence-electron chi connectivity index (χ0n) is 31.2. The molecule has 0 bridgehead atoms. The highest BCUT2D eigenvalue weighted by molar-refractivity contribution is 5.68. The molecule has 0 radical (unpaired) electrons. The highest BCUT2D eigenvalue weighted by atomic mass is 16.8. The van der Waals surface area contributed by atoms with E-state index < -0.39 is 92.0 Å². The molecule has 2 fully saturated rings. The van der Waals surface area contributed by atoms with E-state index in [4.69, 9.17) is 53.1 Å². The molecule has 56 heavy (non-hydrogen) atoms. The molecule has 0 spiro atoms. The van der Waals surface area contributed by atoms with E-state index in [0.29, 0.717) is 0 Å². The van der Waals surface area contributed by atoms with Gasteiger partial charge in [-0.1, -0.05) is 91.0 Å². The van der Waals surface area contributed by atoms with Gasteiger partial charge in [-0.05, 0) is 16.7 Å². The average Bonchev–Trinajstić information content (AvgIpc) is 3.16. The fraction of sp³-hybridized carbons (Fsp3) is 0.450. The monoisotopic (exact) mass is 781 g/mol. The third-order valence-corrected chi connectivity index (χ3v) is 8.76. The number of aliphatic hydroxyl groups is 1. The van der Waals surface area contributed by atoms with Crippen molar-refractivity contribution in [1.82, 2.24) is 0 Å². The lowest BCUT2D eigenvalue weighted by Crippen LogP contribution is -2.66. The summed E-state index contributed by atoms with van der Waals surface area (Å²) in [5.41, 5.74) is 7.96. The van der Waals surface area contributed by atoms with Gasteiger partial charge in [-0.2, -0.15) is 0 Å². The van der Waals surface area contributed by atoms with Gasteiger partial charge in [-0.3, -0.25) is 14.4 Å². The lowest BCUT2D eigenvalue weighted by molar-refractivity contribution is -0.369. The van der Waals surface area contributed by atoms with Gasteiger partial charge in [-0.25, -0.2) is 4.79 Å². The van der Waals surface area contributed by atoms with Crippen LogP contribution in [0.3, 0.4) is 0 Å². The van der Waals surface area contributed by atoms with Crippen molar-refractivity contribution in [2.45, 2.75) is 102 Å². The highest BCUT2D eigenvalue weighted by Gasteiger charge is 2.56. The van der Waals surface area contributed by atoms with E-state index >= 15 is 0 Å². The van der Waals surface area contributed by atoms with Crippen LogP contribution in [0.4, 0.5) is 4.79 Å². The largest absolute Gasteiger partial charge is 0.463 e. The number of esters is 3. The van der Waals surface area contributed by atoms with Crippen LogP contribution in [-0.2, 0) is 81.6 Å². The number of primary amides is 1. The van der Waals surface area contributed by atoms with Gasteiger partial charge in [0.25, 0.3) is 0 Å². The van der Waals surface area contributed by atoms with Crippen molar-refractivity contribution in [3.05, 3.63) is 108 Å². The Balaban J connectivity index is 1.51. The Morgan fingerprint density at radius 2 is 1.07 bits per heavy atom. The first-order chi connectivity index (χ1) is 27.0. The lowest BCUT2D eigenvalue weighted by atomic mass is 9.96. The molecular formula is C40H47NO15. The number of nitrogens with two attached hydrogens (primary N) is 1. The summed E-state index contributed by atoms with van der Waals surface area (Å²) in [4.78, 5) is 48.8. The van der Waals surface area contributed by atoms with E-state index in [2.05, 4.69) is 0 Å². The minimum atomic E-state index is -1.73. The Bertz CT molecular complexity index is 1700. The molecule has 3 aromatic rings. The molecule has 16 heteroatoms. The van der Waals surface area contributed by atoms with E-state index in [1.54, 1.807) is 0 Å². The van der Waals surface area contributed by atoms with Crippen LogP contribution in [0.2, 0.25) is 0 Å². The van der Waals surface area contributed by atoms with Crippen molar-refractivity contribution >= 4 is 24.0 Å². The van der Waals surface area contributed by atoms with Crippen molar-refractivity contribution < 1.29 is 71.7 Å². The van der Waals surface area contributed by atoms with Crippen molar-refractivity contribution in [1.29, 1.82) is 0 Å². The van der Waals surface area contributed by atoms with Crippen LogP contribution in [0, 0.1) is 0 Å². The molecule has 3 N–H and O–H groups in total. The van der Waals surface area contributed by atoms with Crippen molar-refractivity contribution in [3.8, 4) is 0 Å². The summed E-state index contributed by atoms with van der Waals surface area (Å²) in [6, 6.07) is 28.1. The highest BCUT2D eigenvalue weighted by Crippen LogP contribution is 2.35. The normalized spacial score (nSPS) is 27.4. The maximum Gasteiger partial charge on any atom is 0.405 e. The Morgan fingerprint density at radius 1 is 0.571 bits per heavy atom. The van der Waals surface area contributed by atoms with E-state index in [0.717, 1.165) is 37.5 Å². The fourth-order valence-electron chi connectivity index (χ4n) is 6.36. The number of carbonyl (C=O) groups is 4. The average molecular weight is 782 g/mol. The standard InChI is InChI=1S/C40H47NO15/c1-24(42)48-23-31-33(51-25(2)43)35(56-40(41)46)37(52-26(3)44)39(54-31)55-36-34(50-21-29-17-11-6-12-18-29)32(49-20-28-15-9-5-10-16-28)30(53-38(36)45)22-47-19-27-13-7-4-8-14-27/h4-18,30-39,45H,19-23H2,1-3H3,(H2,41,46)/t30-,31+,32+,33+,34-,35-,36-,37-,38?,39+/m0/s1. The van der Waals surface area contributed by atoms with Gasteiger partial charge < -0.3 is 58.2 Å². The number of hydrogen-bond acceptors (Lipinski definition) is 15. The summed E-state index contributed by atoms with van der Waals surface area (Å²) in [7, 11) is 0. The van der Waals surface area contributed by atoms with E-state index in [9.17, 15) is 24.3 Å². The van der Waals surface area contributed by atoms with Gasteiger partial charge in [0.2, 0.25) is 0 Å². The van der Waals surface area contributed by atoms with E-state index in [1.165, 1.54) is 0 Å². The molecule has 3 aromatic carbocycles. The van der Waals surface area contributed by atoms with Crippen LogP contribution < -0.4 is 5.73 Å². The zero-order chi connectivity index (χ0) is 40.0. The molecule has 2 aliphatic heterocycles. The molecule has 2 saturated heterocycles. The predicted molar refractivity (Wildman–Crippen MR) is 193 cm³/mol. The molecule has 0 aliphatic carbocycles. The number of rotatable bonds is 17. The molecule has 2 heterocycles. The topological polar surface area (TPSA) is 207 Å². The first-order valence-electron chi connectivity index (χ1n) is 18.0. The molecule has 1 amide bonds. The first-order valence-corrected chi connectivity index (χ1v) is 18.0. The molecule has 5 rings (SSSR count). The minimum absolute atomic E-state index is 0.0254. The first kappa shape index (κ1) is 42.2. The van der Waals surface area contributed by atoms with Crippen molar-refractivity contribution in [2.75, 3.05) is 13.2 Å². The second-order valence-corrected chi connectivity index (χ2v) is 13.1. The van der Waals surface area contributed by atoms with Crippen LogP contribution in [-0.4, -0.2) is 104 Å². The Kier molecular flexibility index (Phi) is 15.7. The SMILES string of the molecule is CC(=O)OC[C@H]1O[C@H](O[C@@H]2C(O)O[C@@H](COCc3ccccc3)[C@@H](OCc3ccccc3)[C@@H]2OCc2ccccc2)[C@@H](OC(C)=O)[C@@H](OC(N)=O)[C@@H]1OC(C)=O. The second-order valence-electron chi connectivity index (χ2n) is 13.1. The molecule has 16 nitrogen and oxygen atoms in total. The van der Waals surface area contributed by atoms with Gasteiger partial charge in [0.05, 0.1) is 26.4 Å². The molecule has 0 saturated carbocycles. The number of aliphatic hydroxyl groups excluding tert-OH is 1. The van der Waals surface area contributed by atoms with Crippen molar-refractivity contribution in [2.24, 2.45) is 5.73 Å². The van der Waals surface area contributed by atoms with Gasteiger partial charge in [-0.15, -0.1) is 0 Å². The molecule has 0 aromatic heterocycles. The number of benzene rings is 3. The summed E-state index contributed by atoms with van der Waals surface area (Å²) in [6.07, 6.45) is -15.3. The molecular weight excluding hydrogens is 734 g/mol. The summed E-state index contributed by atoms with van der Waals surface area (Å²) >= 11 is 0. The van der Waals surface area contributed by atoms with Crippen LogP contribution in [0.1, 0.15) is 37.5 Å². The van der Waals surface area contributed by atoms with Gasteiger partial charge in [0.15, 0.2) is 30.9 Å². The third kappa shape index (κ3) is 12.3. The van der Waals surface area contributed by atoms with Crippen LogP contribution in [0.25, 0.3) is 0 Å². The Labute approximate surface area is 323 Å². The molecule has 302 valence electrons. The Morgan fingerprint density at radius 3 is 1.59 bits per heavy atom. The third-order valence-electron chi connectivity index (χ3n) is 8.76. The molecule has 1 unspecified atom stereocenters. The predicted octanol–water partition coefficient (Wildman–Crippen LogP) is 3.09. The summed E-state index contributed by atoms with van der Waals surface area (Å²) in [5, 5.41) is 11.7. The van der Waals surface area contributed by atoms with Gasteiger partial charge >= 0.3 is 24.0 Å². The Hall–Kier alpha value is -4.94. The molecule has 2 aliphatic rings. The summed E-state index contributed by atoms with van der Waals surface area (Å²) in [5.74, 6) is -2.39. The smallest absolute Gasteiger partial charge is 0.405 e.